The highest BCUT2D eigenvalue weighted by atomic mass is 16.4. The van der Waals surface area contributed by atoms with Crippen LogP contribution in [0.15, 0.2) is 0 Å². The minimum absolute atomic E-state index is 0.192. The molecule has 2 atom stereocenters. The maximum absolute atomic E-state index is 10.9. The second-order valence-corrected chi connectivity index (χ2v) is 5.36. The van der Waals surface area contributed by atoms with E-state index in [1.165, 1.54) is 0 Å². The highest BCUT2D eigenvalue weighted by Gasteiger charge is 2.35. The van der Waals surface area contributed by atoms with Gasteiger partial charge in [-0.25, -0.2) is 0 Å². The van der Waals surface area contributed by atoms with Crippen LogP contribution in [0.1, 0.15) is 44.9 Å². The van der Waals surface area contributed by atoms with Gasteiger partial charge in [0.1, 0.15) is 0 Å². The van der Waals surface area contributed by atoms with Crippen molar-refractivity contribution in [3.8, 4) is 0 Å². The molecular weight excluding hydrogens is 206 g/mol. The molecular formula is C12H21NO3. The molecule has 2 aliphatic carbocycles. The van der Waals surface area contributed by atoms with E-state index in [1.54, 1.807) is 0 Å². The molecule has 92 valence electrons. The summed E-state index contributed by atoms with van der Waals surface area (Å²) in [5.74, 6) is -0.865. The van der Waals surface area contributed by atoms with E-state index in [0.717, 1.165) is 38.5 Å². The second-order valence-electron chi connectivity index (χ2n) is 5.36. The lowest BCUT2D eigenvalue weighted by molar-refractivity contribution is -0.143. The van der Waals surface area contributed by atoms with Crippen LogP contribution in [0.4, 0.5) is 0 Å². The molecule has 0 aromatic rings. The first-order valence-electron chi connectivity index (χ1n) is 6.28. The lowest BCUT2D eigenvalue weighted by atomic mass is 9.79. The predicted octanol–water partition coefficient (Wildman–Crippen LogP) is 1.13. The molecule has 2 saturated carbocycles. The number of hydrogen-bond acceptors (Lipinski definition) is 3. The van der Waals surface area contributed by atoms with Crippen molar-refractivity contribution in [2.24, 2.45) is 5.92 Å². The normalized spacial score (nSPS) is 33.1. The Morgan fingerprint density at radius 3 is 2.62 bits per heavy atom. The average Bonchev–Trinajstić information content (AvgIpc) is 2.24. The van der Waals surface area contributed by atoms with Gasteiger partial charge in [0.15, 0.2) is 0 Å². The SMILES string of the molecule is O=C(O)C1CCCC(NCC2(O)CCC2)C1. The molecule has 0 aromatic carbocycles. The van der Waals surface area contributed by atoms with E-state index in [9.17, 15) is 9.90 Å². The number of carbonyl (C=O) groups is 1. The first kappa shape index (κ1) is 11.9. The van der Waals surface area contributed by atoms with Crippen molar-refractivity contribution in [3.05, 3.63) is 0 Å². The molecule has 2 fully saturated rings. The zero-order valence-corrected chi connectivity index (χ0v) is 9.61. The molecule has 4 heteroatoms. The monoisotopic (exact) mass is 227 g/mol. The van der Waals surface area contributed by atoms with E-state index in [4.69, 9.17) is 5.11 Å². The van der Waals surface area contributed by atoms with Crippen LogP contribution in [0.5, 0.6) is 0 Å². The third-order valence-electron chi connectivity index (χ3n) is 4.03. The van der Waals surface area contributed by atoms with E-state index in [0.29, 0.717) is 13.0 Å². The number of rotatable bonds is 4. The van der Waals surface area contributed by atoms with Crippen LogP contribution >= 0.6 is 0 Å². The topological polar surface area (TPSA) is 69.6 Å². The summed E-state index contributed by atoms with van der Waals surface area (Å²) in [6.45, 7) is 0.629. The Labute approximate surface area is 96.0 Å². The van der Waals surface area contributed by atoms with E-state index < -0.39 is 11.6 Å². The summed E-state index contributed by atoms with van der Waals surface area (Å²) in [4.78, 5) is 10.9. The van der Waals surface area contributed by atoms with Gasteiger partial charge < -0.3 is 15.5 Å². The molecule has 4 nitrogen and oxygen atoms in total. The summed E-state index contributed by atoms with van der Waals surface area (Å²) >= 11 is 0. The van der Waals surface area contributed by atoms with Gasteiger partial charge >= 0.3 is 5.97 Å². The number of carboxylic acids is 1. The third kappa shape index (κ3) is 2.74. The van der Waals surface area contributed by atoms with Crippen LogP contribution in [0, 0.1) is 5.92 Å². The Balaban J connectivity index is 1.74. The Hall–Kier alpha value is -0.610. The van der Waals surface area contributed by atoms with E-state index in [2.05, 4.69) is 5.32 Å². The molecule has 2 rings (SSSR count). The van der Waals surface area contributed by atoms with Crippen molar-refractivity contribution >= 4 is 5.97 Å². The first-order chi connectivity index (χ1) is 7.59. The van der Waals surface area contributed by atoms with Crippen LogP contribution in [0.25, 0.3) is 0 Å². The average molecular weight is 227 g/mol. The highest BCUT2D eigenvalue weighted by Crippen LogP contribution is 2.31. The lowest BCUT2D eigenvalue weighted by Gasteiger charge is -2.39. The predicted molar refractivity (Wildman–Crippen MR) is 60.2 cm³/mol. The van der Waals surface area contributed by atoms with Crippen LogP contribution in [0.2, 0.25) is 0 Å². The Morgan fingerprint density at radius 2 is 2.06 bits per heavy atom. The minimum atomic E-state index is -0.672. The molecule has 0 radical (unpaired) electrons. The van der Waals surface area contributed by atoms with E-state index >= 15 is 0 Å². The fraction of sp³-hybridized carbons (Fsp3) is 0.917. The third-order valence-corrected chi connectivity index (χ3v) is 4.03. The molecule has 0 aliphatic heterocycles. The Morgan fingerprint density at radius 1 is 1.31 bits per heavy atom. The van der Waals surface area contributed by atoms with Gasteiger partial charge in [-0.3, -0.25) is 4.79 Å². The number of carboxylic acid groups (broad SMARTS) is 1. The summed E-state index contributed by atoms with van der Waals surface area (Å²) in [6.07, 6.45) is 6.42. The van der Waals surface area contributed by atoms with Gasteiger partial charge in [0, 0.05) is 12.6 Å². The van der Waals surface area contributed by atoms with Crippen molar-refractivity contribution in [2.75, 3.05) is 6.54 Å². The molecule has 0 spiro atoms. The van der Waals surface area contributed by atoms with Gasteiger partial charge in [0.2, 0.25) is 0 Å². The Bertz CT molecular complexity index is 263. The first-order valence-corrected chi connectivity index (χ1v) is 6.28. The number of aliphatic hydroxyl groups is 1. The van der Waals surface area contributed by atoms with Gasteiger partial charge in [-0.2, -0.15) is 0 Å². The van der Waals surface area contributed by atoms with Crippen LogP contribution < -0.4 is 5.32 Å². The molecule has 0 saturated heterocycles. The molecule has 16 heavy (non-hydrogen) atoms. The fourth-order valence-electron chi connectivity index (χ4n) is 2.70. The highest BCUT2D eigenvalue weighted by molar-refractivity contribution is 5.70. The van der Waals surface area contributed by atoms with Gasteiger partial charge in [0.25, 0.3) is 0 Å². The zero-order valence-electron chi connectivity index (χ0n) is 9.61. The van der Waals surface area contributed by atoms with Crippen LogP contribution in [-0.2, 0) is 4.79 Å². The van der Waals surface area contributed by atoms with E-state index in [-0.39, 0.29) is 12.0 Å². The van der Waals surface area contributed by atoms with Gasteiger partial charge in [0.05, 0.1) is 11.5 Å². The maximum atomic E-state index is 10.9. The van der Waals surface area contributed by atoms with Crippen molar-refractivity contribution in [3.63, 3.8) is 0 Å². The summed E-state index contributed by atoms with van der Waals surface area (Å²) in [5, 5.41) is 22.2. The lowest BCUT2D eigenvalue weighted by Crippen LogP contribution is -2.50. The standard InChI is InChI=1S/C12H21NO3/c14-11(15)9-3-1-4-10(7-9)13-8-12(16)5-2-6-12/h9-10,13,16H,1-8H2,(H,14,15). The quantitative estimate of drug-likeness (QED) is 0.673. The van der Waals surface area contributed by atoms with Crippen molar-refractivity contribution < 1.29 is 15.0 Å². The second kappa shape index (κ2) is 4.72. The smallest absolute Gasteiger partial charge is 0.306 e. The van der Waals surface area contributed by atoms with Gasteiger partial charge in [-0.05, 0) is 38.5 Å². The summed E-state index contributed by atoms with van der Waals surface area (Å²) in [5.41, 5.74) is -0.504. The van der Waals surface area contributed by atoms with Gasteiger partial charge in [-0.15, -0.1) is 0 Å². The molecule has 3 N–H and O–H groups in total. The fourth-order valence-corrected chi connectivity index (χ4v) is 2.70. The molecule has 0 aromatic heterocycles. The maximum Gasteiger partial charge on any atom is 0.306 e. The zero-order chi connectivity index (χ0) is 11.6. The Kier molecular flexibility index (Phi) is 3.50. The largest absolute Gasteiger partial charge is 0.481 e. The van der Waals surface area contributed by atoms with Crippen LogP contribution in [-0.4, -0.2) is 34.4 Å². The molecule has 0 bridgehead atoms. The molecule has 2 aliphatic rings. The summed E-state index contributed by atoms with van der Waals surface area (Å²) < 4.78 is 0. The summed E-state index contributed by atoms with van der Waals surface area (Å²) in [6, 6.07) is 0.277. The van der Waals surface area contributed by atoms with Crippen LogP contribution in [0.3, 0.4) is 0 Å². The number of nitrogens with one attached hydrogen (secondary N) is 1. The van der Waals surface area contributed by atoms with Gasteiger partial charge in [-0.1, -0.05) is 6.42 Å². The summed E-state index contributed by atoms with van der Waals surface area (Å²) in [7, 11) is 0. The molecule has 0 amide bonds. The minimum Gasteiger partial charge on any atom is -0.481 e. The molecule has 2 unspecified atom stereocenters. The number of hydrogen-bond donors (Lipinski definition) is 3. The van der Waals surface area contributed by atoms with E-state index in [1.807, 2.05) is 0 Å². The van der Waals surface area contributed by atoms with Crippen molar-refractivity contribution in [2.45, 2.75) is 56.6 Å². The molecule has 0 heterocycles. The van der Waals surface area contributed by atoms with Crippen molar-refractivity contribution in [1.29, 1.82) is 0 Å². The number of aliphatic carboxylic acids is 1. The van der Waals surface area contributed by atoms with Crippen molar-refractivity contribution in [1.82, 2.24) is 5.32 Å².